The van der Waals surface area contributed by atoms with E-state index in [2.05, 4.69) is 21.0 Å². The first kappa shape index (κ1) is 14.4. The fraction of sp³-hybridized carbons (Fsp3) is 0.357. The Hall–Kier alpha value is -1.000. The van der Waals surface area contributed by atoms with Crippen molar-refractivity contribution in [2.75, 3.05) is 0 Å². The normalized spacial score (nSPS) is 10.7. The zero-order valence-corrected chi connectivity index (χ0v) is 13.3. The lowest BCUT2D eigenvalue weighted by molar-refractivity contribution is 0.295. The predicted molar refractivity (Wildman–Crippen MR) is 81.0 cm³/mol. The second-order valence-corrected chi connectivity index (χ2v) is 5.19. The Morgan fingerprint density at radius 2 is 2.00 bits per heavy atom. The molecule has 1 aromatic carbocycles. The van der Waals surface area contributed by atoms with Gasteiger partial charge in [0.15, 0.2) is 0 Å². The lowest BCUT2D eigenvalue weighted by Crippen LogP contribution is -2.03. The molecule has 0 aliphatic rings. The Morgan fingerprint density at radius 3 is 2.53 bits per heavy atom. The van der Waals surface area contributed by atoms with E-state index in [-0.39, 0.29) is 0 Å². The monoisotopic (exact) mass is 342 g/mol. The number of rotatable bonds is 5. The van der Waals surface area contributed by atoms with Gasteiger partial charge in [-0.05, 0) is 24.1 Å². The summed E-state index contributed by atoms with van der Waals surface area (Å²) in [6.45, 7) is 2.47. The van der Waals surface area contributed by atoms with Crippen molar-refractivity contribution in [3.05, 3.63) is 46.2 Å². The van der Waals surface area contributed by atoms with Crippen molar-refractivity contribution >= 4 is 27.5 Å². The summed E-state index contributed by atoms with van der Waals surface area (Å²) in [4.78, 5) is 0. The molecule has 0 saturated carbocycles. The van der Waals surface area contributed by atoms with Gasteiger partial charge in [0.2, 0.25) is 0 Å². The van der Waals surface area contributed by atoms with E-state index < -0.39 is 0 Å². The van der Waals surface area contributed by atoms with Crippen molar-refractivity contribution in [2.24, 2.45) is 7.05 Å². The van der Waals surface area contributed by atoms with E-state index >= 15 is 0 Å². The highest BCUT2D eigenvalue weighted by molar-refractivity contribution is 9.08. The lowest BCUT2D eigenvalue weighted by atomic mass is 10.2. The van der Waals surface area contributed by atoms with Crippen molar-refractivity contribution < 1.29 is 4.74 Å². The van der Waals surface area contributed by atoms with Gasteiger partial charge in [0.1, 0.15) is 12.4 Å². The fourth-order valence-electron chi connectivity index (χ4n) is 1.80. The quantitative estimate of drug-likeness (QED) is 0.764. The van der Waals surface area contributed by atoms with Gasteiger partial charge in [-0.1, -0.05) is 46.6 Å². The number of halogens is 2. The summed E-state index contributed by atoms with van der Waals surface area (Å²) in [7, 11) is 1.89. The molecule has 0 fully saturated rings. The fourth-order valence-corrected chi connectivity index (χ4v) is 2.53. The SMILES string of the molecule is CCc1nn(C)c(COc2ccc(CBr)cc2)c1Cl. The molecule has 102 valence electrons. The van der Waals surface area contributed by atoms with Crippen LogP contribution in [0, 0.1) is 0 Å². The number of benzene rings is 1. The van der Waals surface area contributed by atoms with Gasteiger partial charge in [0.25, 0.3) is 0 Å². The van der Waals surface area contributed by atoms with E-state index in [0.29, 0.717) is 11.6 Å². The number of alkyl halides is 1. The van der Waals surface area contributed by atoms with Gasteiger partial charge < -0.3 is 4.74 Å². The van der Waals surface area contributed by atoms with Gasteiger partial charge in [-0.15, -0.1) is 0 Å². The van der Waals surface area contributed by atoms with Crippen LogP contribution in [0.2, 0.25) is 5.02 Å². The molecule has 0 bridgehead atoms. The highest BCUT2D eigenvalue weighted by Gasteiger charge is 2.13. The van der Waals surface area contributed by atoms with Crippen LogP contribution in [-0.2, 0) is 25.4 Å². The third kappa shape index (κ3) is 3.31. The summed E-state index contributed by atoms with van der Waals surface area (Å²) in [6.07, 6.45) is 0.826. The molecule has 0 radical (unpaired) electrons. The van der Waals surface area contributed by atoms with Gasteiger partial charge in [0, 0.05) is 12.4 Å². The summed E-state index contributed by atoms with van der Waals surface area (Å²) >= 11 is 9.69. The summed E-state index contributed by atoms with van der Waals surface area (Å²) in [5.41, 5.74) is 3.04. The molecular formula is C14H16BrClN2O. The maximum absolute atomic E-state index is 6.27. The number of aromatic nitrogens is 2. The summed E-state index contributed by atoms with van der Waals surface area (Å²) in [5.74, 6) is 0.833. The van der Waals surface area contributed by atoms with E-state index in [1.165, 1.54) is 5.56 Å². The van der Waals surface area contributed by atoms with Gasteiger partial charge in [-0.25, -0.2) is 0 Å². The van der Waals surface area contributed by atoms with Crippen LogP contribution >= 0.6 is 27.5 Å². The Kier molecular flexibility index (Phi) is 4.88. The van der Waals surface area contributed by atoms with Crippen LogP contribution in [0.1, 0.15) is 23.9 Å². The molecule has 0 amide bonds. The third-order valence-corrected chi connectivity index (χ3v) is 4.04. The predicted octanol–water partition coefficient (Wildman–Crippen LogP) is 4.11. The number of aryl methyl sites for hydroxylation is 2. The largest absolute Gasteiger partial charge is 0.487 e. The molecule has 5 heteroatoms. The minimum Gasteiger partial charge on any atom is -0.487 e. The molecule has 2 rings (SSSR count). The van der Waals surface area contributed by atoms with Crippen molar-refractivity contribution in [1.29, 1.82) is 0 Å². The standard InChI is InChI=1S/C14H16BrClN2O/c1-3-12-14(16)13(18(2)17-12)9-19-11-6-4-10(8-15)5-7-11/h4-7H,3,8-9H2,1-2H3. The van der Waals surface area contributed by atoms with Crippen molar-refractivity contribution in [3.8, 4) is 5.75 Å². The first-order valence-electron chi connectivity index (χ1n) is 6.13. The van der Waals surface area contributed by atoms with Gasteiger partial charge in [-0.3, -0.25) is 4.68 Å². The summed E-state index contributed by atoms with van der Waals surface area (Å²) < 4.78 is 7.54. The molecule has 0 atom stereocenters. The maximum atomic E-state index is 6.27. The topological polar surface area (TPSA) is 27.1 Å². The van der Waals surface area contributed by atoms with Crippen molar-refractivity contribution in [3.63, 3.8) is 0 Å². The first-order chi connectivity index (χ1) is 9.15. The molecule has 2 aromatic rings. The van der Waals surface area contributed by atoms with Crippen LogP contribution in [0.15, 0.2) is 24.3 Å². The minimum absolute atomic E-state index is 0.427. The van der Waals surface area contributed by atoms with Crippen molar-refractivity contribution in [1.82, 2.24) is 9.78 Å². The highest BCUT2D eigenvalue weighted by Crippen LogP contribution is 2.23. The molecule has 0 unspecified atom stereocenters. The Labute approximate surface area is 126 Å². The maximum Gasteiger partial charge on any atom is 0.131 e. The van der Waals surface area contributed by atoms with Gasteiger partial charge >= 0.3 is 0 Å². The molecule has 0 N–H and O–H groups in total. The molecule has 19 heavy (non-hydrogen) atoms. The van der Waals surface area contributed by atoms with E-state index in [4.69, 9.17) is 16.3 Å². The Balaban J connectivity index is 2.07. The number of ether oxygens (including phenoxy) is 1. The van der Waals surface area contributed by atoms with E-state index in [1.807, 2.05) is 38.2 Å². The summed E-state index contributed by atoms with van der Waals surface area (Å²) in [5, 5.41) is 5.93. The molecule has 0 saturated heterocycles. The van der Waals surface area contributed by atoms with Crippen LogP contribution in [0.4, 0.5) is 0 Å². The van der Waals surface area contributed by atoms with Crippen LogP contribution in [-0.4, -0.2) is 9.78 Å². The van der Waals surface area contributed by atoms with E-state index in [9.17, 15) is 0 Å². The molecule has 3 nitrogen and oxygen atoms in total. The lowest BCUT2D eigenvalue weighted by Gasteiger charge is -2.07. The highest BCUT2D eigenvalue weighted by atomic mass is 79.9. The van der Waals surface area contributed by atoms with E-state index in [1.54, 1.807) is 4.68 Å². The zero-order chi connectivity index (χ0) is 13.8. The van der Waals surface area contributed by atoms with Gasteiger partial charge in [-0.2, -0.15) is 5.10 Å². The smallest absolute Gasteiger partial charge is 0.131 e. The molecule has 0 aliphatic heterocycles. The number of hydrogen-bond donors (Lipinski definition) is 0. The summed E-state index contributed by atoms with van der Waals surface area (Å²) in [6, 6.07) is 7.99. The average Bonchev–Trinajstić information content (AvgIpc) is 2.72. The number of hydrogen-bond acceptors (Lipinski definition) is 2. The third-order valence-electron chi connectivity index (χ3n) is 2.96. The Morgan fingerprint density at radius 1 is 1.32 bits per heavy atom. The van der Waals surface area contributed by atoms with Crippen LogP contribution in [0.25, 0.3) is 0 Å². The second-order valence-electron chi connectivity index (χ2n) is 4.25. The minimum atomic E-state index is 0.427. The molecule has 0 aliphatic carbocycles. The zero-order valence-electron chi connectivity index (χ0n) is 11.0. The molecule has 1 aromatic heterocycles. The van der Waals surface area contributed by atoms with Crippen LogP contribution < -0.4 is 4.74 Å². The number of nitrogens with zero attached hydrogens (tertiary/aromatic N) is 2. The molecule has 1 heterocycles. The van der Waals surface area contributed by atoms with Crippen LogP contribution in [0.3, 0.4) is 0 Å². The average molecular weight is 344 g/mol. The van der Waals surface area contributed by atoms with Crippen molar-refractivity contribution in [2.45, 2.75) is 25.3 Å². The molecule has 0 spiro atoms. The van der Waals surface area contributed by atoms with Crippen LogP contribution in [0.5, 0.6) is 5.75 Å². The molecular weight excluding hydrogens is 328 g/mol. The van der Waals surface area contributed by atoms with E-state index in [0.717, 1.165) is 28.9 Å². The Bertz CT molecular complexity index is 551. The second kappa shape index (κ2) is 6.44. The first-order valence-corrected chi connectivity index (χ1v) is 7.63. The van der Waals surface area contributed by atoms with Gasteiger partial charge in [0.05, 0.1) is 16.4 Å².